The first-order chi connectivity index (χ1) is 10.4. The summed E-state index contributed by atoms with van der Waals surface area (Å²) in [5, 5.41) is 9.49. The van der Waals surface area contributed by atoms with Gasteiger partial charge in [0.1, 0.15) is 6.04 Å². The lowest BCUT2D eigenvalue weighted by Gasteiger charge is -2.37. The van der Waals surface area contributed by atoms with Crippen molar-refractivity contribution in [3.05, 3.63) is 34.3 Å². The van der Waals surface area contributed by atoms with Crippen LogP contribution in [0, 0.1) is 11.3 Å². The quantitative estimate of drug-likeness (QED) is 0.784. The number of piperazine rings is 1. The van der Waals surface area contributed by atoms with Crippen LogP contribution in [0.5, 0.6) is 0 Å². The number of rotatable bonds is 4. The predicted molar refractivity (Wildman–Crippen MR) is 88.2 cm³/mol. The van der Waals surface area contributed by atoms with E-state index in [-0.39, 0.29) is 6.04 Å². The second-order valence-corrected chi connectivity index (χ2v) is 8.37. The Morgan fingerprint density at radius 3 is 2.41 bits per heavy atom. The lowest BCUT2D eigenvalue weighted by molar-refractivity contribution is 0.159. The van der Waals surface area contributed by atoms with Gasteiger partial charge < -0.3 is 0 Å². The van der Waals surface area contributed by atoms with Crippen molar-refractivity contribution in [1.82, 2.24) is 13.5 Å². The van der Waals surface area contributed by atoms with Gasteiger partial charge in [-0.1, -0.05) is 28.1 Å². The van der Waals surface area contributed by atoms with Gasteiger partial charge in [0, 0.05) is 44.7 Å². The molecule has 1 aliphatic heterocycles. The van der Waals surface area contributed by atoms with Crippen molar-refractivity contribution in [3.8, 4) is 6.07 Å². The van der Waals surface area contributed by atoms with E-state index in [1.807, 2.05) is 29.2 Å². The molecule has 1 aromatic rings. The van der Waals surface area contributed by atoms with Gasteiger partial charge in [0.25, 0.3) is 10.2 Å². The third kappa shape index (κ3) is 3.67. The SMILES string of the molecule is CN(C)S(=O)(=O)N1CCN(C(C#N)c2cccc(Br)c2)CC1. The lowest BCUT2D eigenvalue weighted by atomic mass is 10.1. The first kappa shape index (κ1) is 17.4. The molecular formula is C14H19BrN4O2S. The Labute approximate surface area is 140 Å². The minimum Gasteiger partial charge on any atom is -0.282 e. The fourth-order valence-electron chi connectivity index (χ4n) is 2.47. The Balaban J connectivity index is 2.09. The third-order valence-corrected chi connectivity index (χ3v) is 6.15. The van der Waals surface area contributed by atoms with Crippen LogP contribution in [0.25, 0.3) is 0 Å². The predicted octanol–water partition coefficient (Wildman–Crippen LogP) is 1.44. The second-order valence-electron chi connectivity index (χ2n) is 5.31. The Morgan fingerprint density at radius 1 is 1.27 bits per heavy atom. The standard InChI is InChI=1S/C14H19BrN4O2S/c1-17(2)22(20,21)19-8-6-18(7-9-19)14(11-16)12-4-3-5-13(15)10-12/h3-5,10,14H,6-9H2,1-2H3. The van der Waals surface area contributed by atoms with E-state index in [9.17, 15) is 13.7 Å². The van der Waals surface area contributed by atoms with Crippen molar-refractivity contribution in [1.29, 1.82) is 5.26 Å². The third-order valence-electron chi connectivity index (χ3n) is 3.71. The summed E-state index contributed by atoms with van der Waals surface area (Å²) in [5.74, 6) is 0. The normalized spacial score (nSPS) is 19.0. The maximum Gasteiger partial charge on any atom is 0.281 e. The molecule has 1 atom stereocenters. The molecule has 0 aromatic heterocycles. The van der Waals surface area contributed by atoms with Crippen LogP contribution in [-0.2, 0) is 10.2 Å². The average Bonchev–Trinajstić information content (AvgIpc) is 2.48. The Morgan fingerprint density at radius 2 is 1.91 bits per heavy atom. The molecular weight excluding hydrogens is 368 g/mol. The molecule has 0 aliphatic carbocycles. The van der Waals surface area contributed by atoms with Gasteiger partial charge >= 0.3 is 0 Å². The summed E-state index contributed by atoms with van der Waals surface area (Å²) in [6.07, 6.45) is 0. The van der Waals surface area contributed by atoms with Crippen LogP contribution in [0.15, 0.2) is 28.7 Å². The van der Waals surface area contributed by atoms with E-state index in [0.717, 1.165) is 10.0 Å². The topological polar surface area (TPSA) is 67.7 Å². The van der Waals surface area contributed by atoms with Gasteiger partial charge in [-0.05, 0) is 17.7 Å². The van der Waals surface area contributed by atoms with Crippen LogP contribution in [0.4, 0.5) is 0 Å². The van der Waals surface area contributed by atoms with Gasteiger partial charge in [-0.3, -0.25) is 4.90 Å². The van der Waals surface area contributed by atoms with Gasteiger partial charge in [-0.15, -0.1) is 0 Å². The number of nitriles is 1. The van der Waals surface area contributed by atoms with Crippen molar-refractivity contribution >= 4 is 26.1 Å². The highest BCUT2D eigenvalue weighted by Crippen LogP contribution is 2.24. The van der Waals surface area contributed by atoms with Gasteiger partial charge in [0.2, 0.25) is 0 Å². The molecule has 0 radical (unpaired) electrons. The van der Waals surface area contributed by atoms with E-state index >= 15 is 0 Å². The van der Waals surface area contributed by atoms with Crippen LogP contribution >= 0.6 is 15.9 Å². The zero-order valence-electron chi connectivity index (χ0n) is 12.6. The minimum absolute atomic E-state index is 0.360. The molecule has 120 valence electrons. The van der Waals surface area contributed by atoms with Crippen LogP contribution in [0.3, 0.4) is 0 Å². The van der Waals surface area contributed by atoms with Crippen molar-refractivity contribution in [3.63, 3.8) is 0 Å². The molecule has 1 unspecified atom stereocenters. The fraction of sp³-hybridized carbons (Fsp3) is 0.500. The molecule has 8 heteroatoms. The Bertz CT molecular complexity index is 664. The molecule has 0 N–H and O–H groups in total. The van der Waals surface area contributed by atoms with E-state index in [0.29, 0.717) is 26.2 Å². The van der Waals surface area contributed by atoms with Crippen LogP contribution < -0.4 is 0 Å². The van der Waals surface area contributed by atoms with Crippen molar-refractivity contribution in [2.24, 2.45) is 0 Å². The average molecular weight is 387 g/mol. The fourth-order valence-corrected chi connectivity index (χ4v) is 3.97. The van der Waals surface area contributed by atoms with Gasteiger partial charge in [-0.2, -0.15) is 22.3 Å². The first-order valence-electron chi connectivity index (χ1n) is 6.93. The number of nitrogens with zero attached hydrogens (tertiary/aromatic N) is 4. The monoisotopic (exact) mass is 386 g/mol. The molecule has 22 heavy (non-hydrogen) atoms. The van der Waals surface area contributed by atoms with Crippen LogP contribution in [-0.4, -0.2) is 62.2 Å². The largest absolute Gasteiger partial charge is 0.282 e. The Kier molecular flexibility index (Phi) is 5.58. The molecule has 0 bridgehead atoms. The highest BCUT2D eigenvalue weighted by molar-refractivity contribution is 9.10. The zero-order valence-corrected chi connectivity index (χ0v) is 15.0. The molecule has 0 saturated carbocycles. The maximum absolute atomic E-state index is 12.1. The van der Waals surface area contributed by atoms with Crippen LogP contribution in [0.1, 0.15) is 11.6 Å². The summed E-state index contributed by atoms with van der Waals surface area (Å²) in [6.45, 7) is 1.87. The second kappa shape index (κ2) is 7.06. The summed E-state index contributed by atoms with van der Waals surface area (Å²) in [6, 6.07) is 9.62. The summed E-state index contributed by atoms with van der Waals surface area (Å²) < 4.78 is 27.8. The van der Waals surface area contributed by atoms with Crippen molar-refractivity contribution < 1.29 is 8.42 Å². The maximum atomic E-state index is 12.1. The molecule has 2 rings (SSSR count). The first-order valence-corrected chi connectivity index (χ1v) is 9.12. The summed E-state index contributed by atoms with van der Waals surface area (Å²) in [7, 11) is -0.319. The number of hydrogen-bond donors (Lipinski definition) is 0. The van der Waals surface area contributed by atoms with Crippen molar-refractivity contribution in [2.75, 3.05) is 40.3 Å². The Hall–Kier alpha value is -0.980. The van der Waals surface area contributed by atoms with Crippen LogP contribution in [0.2, 0.25) is 0 Å². The summed E-state index contributed by atoms with van der Waals surface area (Å²) in [5.41, 5.74) is 0.917. The highest BCUT2D eigenvalue weighted by Gasteiger charge is 2.31. The number of halogens is 1. The van der Waals surface area contributed by atoms with E-state index < -0.39 is 10.2 Å². The molecule has 1 fully saturated rings. The molecule has 1 aromatic carbocycles. The minimum atomic E-state index is -3.38. The summed E-state index contributed by atoms with van der Waals surface area (Å²) in [4.78, 5) is 2.02. The number of benzene rings is 1. The molecule has 6 nitrogen and oxygen atoms in total. The zero-order chi connectivity index (χ0) is 16.3. The smallest absolute Gasteiger partial charge is 0.281 e. The lowest BCUT2D eigenvalue weighted by Crippen LogP contribution is -2.52. The van der Waals surface area contributed by atoms with E-state index in [1.165, 1.54) is 22.7 Å². The molecule has 0 spiro atoms. The molecule has 1 aliphatic rings. The van der Waals surface area contributed by atoms with Crippen molar-refractivity contribution in [2.45, 2.75) is 6.04 Å². The number of hydrogen-bond acceptors (Lipinski definition) is 4. The van der Waals surface area contributed by atoms with E-state index in [4.69, 9.17) is 0 Å². The van der Waals surface area contributed by atoms with E-state index in [1.54, 1.807) is 0 Å². The van der Waals surface area contributed by atoms with Gasteiger partial charge in [0.15, 0.2) is 0 Å². The molecule has 1 saturated heterocycles. The molecule has 0 amide bonds. The van der Waals surface area contributed by atoms with Gasteiger partial charge in [-0.25, -0.2) is 0 Å². The van der Waals surface area contributed by atoms with Gasteiger partial charge in [0.05, 0.1) is 6.07 Å². The molecule has 1 heterocycles. The summed E-state index contributed by atoms with van der Waals surface area (Å²) >= 11 is 3.41. The highest BCUT2D eigenvalue weighted by atomic mass is 79.9. The van der Waals surface area contributed by atoms with E-state index in [2.05, 4.69) is 22.0 Å².